The Kier molecular flexibility index (Phi) is 4.91. The van der Waals surface area contributed by atoms with E-state index >= 15 is 0 Å². The largest absolute Gasteiger partial charge is 0.463 e. The van der Waals surface area contributed by atoms with E-state index in [1.54, 1.807) is 13.8 Å². The molecule has 1 aromatic heterocycles. The molecule has 0 bridgehead atoms. The Morgan fingerprint density at radius 2 is 2.12 bits per heavy atom. The highest BCUT2D eigenvalue weighted by Crippen LogP contribution is 2.34. The molecule has 26 heavy (non-hydrogen) atoms. The van der Waals surface area contributed by atoms with Gasteiger partial charge in [0.15, 0.2) is 0 Å². The standard InChI is InChI=1S/C18H15ClF2N2O3/c1-3-25-17(24)18(2)9-15(23-26-18)12-7-11(14(20)8-13(12)19)10-5-4-6-22-16(10)21/h4-8H,3,9H2,1-2H3. The van der Waals surface area contributed by atoms with Crippen molar-refractivity contribution < 1.29 is 23.1 Å². The monoisotopic (exact) mass is 380 g/mol. The smallest absolute Gasteiger partial charge is 0.353 e. The van der Waals surface area contributed by atoms with E-state index in [9.17, 15) is 13.6 Å². The van der Waals surface area contributed by atoms with Gasteiger partial charge in [0.25, 0.3) is 0 Å². The van der Waals surface area contributed by atoms with Crippen molar-refractivity contribution in [3.05, 3.63) is 52.8 Å². The molecule has 0 saturated heterocycles. The van der Waals surface area contributed by atoms with Gasteiger partial charge in [-0.15, -0.1) is 0 Å². The first-order valence-electron chi connectivity index (χ1n) is 7.88. The summed E-state index contributed by atoms with van der Waals surface area (Å²) in [5.41, 5.74) is -0.614. The summed E-state index contributed by atoms with van der Waals surface area (Å²) < 4.78 is 33.3. The van der Waals surface area contributed by atoms with Gasteiger partial charge in [-0.05, 0) is 38.1 Å². The van der Waals surface area contributed by atoms with Crippen LogP contribution in [0.25, 0.3) is 11.1 Å². The summed E-state index contributed by atoms with van der Waals surface area (Å²) >= 11 is 6.14. The highest BCUT2D eigenvalue weighted by molar-refractivity contribution is 6.34. The summed E-state index contributed by atoms with van der Waals surface area (Å²) in [5.74, 6) is -2.06. The lowest BCUT2D eigenvalue weighted by molar-refractivity contribution is -0.166. The quantitative estimate of drug-likeness (QED) is 0.591. The summed E-state index contributed by atoms with van der Waals surface area (Å²) in [4.78, 5) is 20.8. The minimum absolute atomic E-state index is 0.00409. The van der Waals surface area contributed by atoms with Crippen molar-refractivity contribution in [1.29, 1.82) is 0 Å². The lowest BCUT2D eigenvalue weighted by atomic mass is 9.94. The normalized spacial score (nSPS) is 19.0. The second-order valence-electron chi connectivity index (χ2n) is 5.91. The number of oxime groups is 1. The van der Waals surface area contributed by atoms with Gasteiger partial charge in [0.2, 0.25) is 11.5 Å². The molecule has 5 nitrogen and oxygen atoms in total. The lowest BCUT2D eigenvalue weighted by Gasteiger charge is -2.18. The Bertz CT molecular complexity index is 904. The van der Waals surface area contributed by atoms with Gasteiger partial charge < -0.3 is 9.57 Å². The minimum Gasteiger partial charge on any atom is -0.463 e. The van der Waals surface area contributed by atoms with Gasteiger partial charge in [0.05, 0.1) is 17.3 Å². The van der Waals surface area contributed by atoms with Crippen LogP contribution in [0.15, 0.2) is 35.6 Å². The van der Waals surface area contributed by atoms with E-state index in [2.05, 4.69) is 10.1 Å². The fourth-order valence-corrected chi connectivity index (χ4v) is 2.90. The maximum Gasteiger partial charge on any atom is 0.353 e. The molecule has 0 saturated carbocycles. The van der Waals surface area contributed by atoms with Crippen molar-refractivity contribution in [3.8, 4) is 11.1 Å². The minimum atomic E-state index is -1.29. The van der Waals surface area contributed by atoms with Crippen LogP contribution in [-0.2, 0) is 14.4 Å². The van der Waals surface area contributed by atoms with E-state index in [-0.39, 0.29) is 29.2 Å². The lowest BCUT2D eigenvalue weighted by Crippen LogP contribution is -2.37. The predicted octanol–water partition coefficient (Wildman–Crippen LogP) is 4.13. The maximum absolute atomic E-state index is 14.3. The molecule has 1 unspecified atom stereocenters. The number of esters is 1. The molecule has 1 aliphatic heterocycles. The zero-order valence-corrected chi connectivity index (χ0v) is 14.8. The van der Waals surface area contributed by atoms with Gasteiger partial charge in [-0.2, -0.15) is 4.39 Å². The number of hydrogen-bond acceptors (Lipinski definition) is 5. The van der Waals surface area contributed by atoms with E-state index in [1.807, 2.05) is 0 Å². The summed E-state index contributed by atoms with van der Waals surface area (Å²) in [6, 6.07) is 5.35. The van der Waals surface area contributed by atoms with Crippen LogP contribution in [0.1, 0.15) is 25.8 Å². The molecular formula is C18H15ClF2N2O3. The molecule has 0 aliphatic carbocycles. The van der Waals surface area contributed by atoms with Crippen LogP contribution in [-0.4, -0.2) is 28.9 Å². The van der Waals surface area contributed by atoms with Gasteiger partial charge >= 0.3 is 5.97 Å². The number of halogens is 3. The Morgan fingerprint density at radius 3 is 2.81 bits per heavy atom. The van der Waals surface area contributed by atoms with Crippen molar-refractivity contribution in [3.63, 3.8) is 0 Å². The van der Waals surface area contributed by atoms with Gasteiger partial charge in [-0.25, -0.2) is 14.2 Å². The molecule has 2 aromatic rings. The Labute approximate surface area is 153 Å². The summed E-state index contributed by atoms with van der Waals surface area (Å²) in [6.07, 6.45) is 1.36. The fraction of sp³-hybridized carbons (Fsp3) is 0.278. The number of carbonyl (C=O) groups excluding carboxylic acids is 1. The second kappa shape index (κ2) is 6.99. The van der Waals surface area contributed by atoms with Crippen molar-refractivity contribution in [2.24, 2.45) is 5.16 Å². The number of hydrogen-bond donors (Lipinski definition) is 0. The molecular weight excluding hydrogens is 366 g/mol. The zero-order valence-electron chi connectivity index (χ0n) is 14.1. The van der Waals surface area contributed by atoms with E-state index < -0.39 is 23.3 Å². The van der Waals surface area contributed by atoms with Crippen molar-refractivity contribution in [2.75, 3.05) is 6.61 Å². The van der Waals surface area contributed by atoms with Crippen LogP contribution in [0.4, 0.5) is 8.78 Å². The predicted molar refractivity (Wildman–Crippen MR) is 91.9 cm³/mol. The molecule has 0 spiro atoms. The average Bonchev–Trinajstić information content (AvgIpc) is 3.00. The molecule has 0 N–H and O–H groups in total. The first kappa shape index (κ1) is 18.3. The van der Waals surface area contributed by atoms with Crippen LogP contribution in [0.5, 0.6) is 0 Å². The topological polar surface area (TPSA) is 60.8 Å². The molecule has 1 aromatic carbocycles. The highest BCUT2D eigenvalue weighted by atomic mass is 35.5. The summed E-state index contributed by atoms with van der Waals surface area (Å²) in [6.45, 7) is 3.43. The molecule has 1 atom stereocenters. The molecule has 8 heteroatoms. The zero-order chi connectivity index (χ0) is 18.9. The van der Waals surface area contributed by atoms with Crippen molar-refractivity contribution >= 4 is 23.3 Å². The Balaban J connectivity index is 1.99. The Morgan fingerprint density at radius 1 is 1.35 bits per heavy atom. The molecule has 136 valence electrons. The number of ether oxygens (including phenoxy) is 1. The SMILES string of the molecule is CCOC(=O)C1(C)CC(c2cc(-c3cccnc3F)c(F)cc2Cl)=NO1. The van der Waals surface area contributed by atoms with E-state index in [0.29, 0.717) is 11.3 Å². The number of rotatable bonds is 4. The van der Waals surface area contributed by atoms with Crippen LogP contribution in [0.3, 0.4) is 0 Å². The van der Waals surface area contributed by atoms with E-state index in [0.717, 1.165) is 6.07 Å². The van der Waals surface area contributed by atoms with Crippen LogP contribution in [0.2, 0.25) is 5.02 Å². The van der Waals surface area contributed by atoms with Crippen molar-refractivity contribution in [1.82, 2.24) is 4.98 Å². The molecule has 0 radical (unpaired) electrons. The summed E-state index contributed by atoms with van der Waals surface area (Å²) in [5, 5.41) is 3.98. The number of pyridine rings is 1. The first-order valence-corrected chi connectivity index (χ1v) is 8.26. The van der Waals surface area contributed by atoms with E-state index in [1.165, 1.54) is 24.4 Å². The van der Waals surface area contributed by atoms with E-state index in [4.69, 9.17) is 21.2 Å². The van der Waals surface area contributed by atoms with Gasteiger partial charge in [0.1, 0.15) is 5.82 Å². The van der Waals surface area contributed by atoms with Crippen LogP contribution in [0, 0.1) is 11.8 Å². The van der Waals surface area contributed by atoms with Crippen molar-refractivity contribution in [2.45, 2.75) is 25.9 Å². The molecule has 2 heterocycles. The first-order chi connectivity index (χ1) is 12.4. The molecule has 1 aliphatic rings. The third-order valence-corrected chi connectivity index (χ3v) is 4.30. The molecule has 0 fully saturated rings. The van der Waals surface area contributed by atoms with Gasteiger partial charge in [-0.1, -0.05) is 16.8 Å². The number of nitrogens with zero attached hydrogens (tertiary/aromatic N) is 2. The third-order valence-electron chi connectivity index (χ3n) is 3.99. The third kappa shape index (κ3) is 3.26. The van der Waals surface area contributed by atoms with Gasteiger partial charge in [-0.3, -0.25) is 0 Å². The number of benzene rings is 1. The fourth-order valence-electron chi connectivity index (χ4n) is 2.64. The summed E-state index contributed by atoms with van der Waals surface area (Å²) in [7, 11) is 0. The van der Waals surface area contributed by atoms with Crippen LogP contribution < -0.4 is 0 Å². The molecule has 0 amide bonds. The van der Waals surface area contributed by atoms with Gasteiger partial charge in [0, 0.05) is 29.3 Å². The number of carbonyl (C=O) groups is 1. The Hall–Kier alpha value is -2.54. The highest BCUT2D eigenvalue weighted by Gasteiger charge is 2.44. The average molecular weight is 381 g/mol. The maximum atomic E-state index is 14.3. The van der Waals surface area contributed by atoms with Crippen LogP contribution >= 0.6 is 11.6 Å². The number of aromatic nitrogens is 1. The molecule has 3 rings (SSSR count). The second-order valence-corrected chi connectivity index (χ2v) is 6.32.